The maximum Gasteiger partial charge on any atom is 0.168 e. The van der Waals surface area contributed by atoms with Crippen LogP contribution in [0, 0.1) is 0 Å². The van der Waals surface area contributed by atoms with E-state index in [4.69, 9.17) is 50.1 Å². The Balaban J connectivity index is 1.95. The Morgan fingerprint density at radius 1 is 1.16 bits per heavy atom. The van der Waals surface area contributed by atoms with E-state index in [0.29, 0.717) is 16.7 Å². The fraction of sp³-hybridized carbons (Fsp3) is 0.500. The number of nitrogens with zero attached hydrogens (tertiary/aromatic N) is 3. The third-order valence-electron chi connectivity index (χ3n) is 5.37. The maximum absolute atomic E-state index is 6.47. The van der Waals surface area contributed by atoms with Crippen molar-refractivity contribution in [3.8, 4) is 11.3 Å². The van der Waals surface area contributed by atoms with Crippen LogP contribution in [0.25, 0.3) is 11.3 Å². The molecule has 1 aliphatic rings. The molecule has 1 aliphatic heterocycles. The minimum absolute atomic E-state index is 0.0123. The molecule has 2 aromatic rings. The van der Waals surface area contributed by atoms with Gasteiger partial charge in [-0.3, -0.25) is 0 Å². The van der Waals surface area contributed by atoms with Crippen LogP contribution in [0.3, 0.4) is 0 Å². The van der Waals surface area contributed by atoms with Crippen LogP contribution in [0.5, 0.6) is 0 Å². The van der Waals surface area contributed by atoms with Gasteiger partial charge in [0.15, 0.2) is 5.11 Å². The van der Waals surface area contributed by atoms with E-state index in [1.54, 1.807) is 6.07 Å². The quantitative estimate of drug-likeness (QED) is 0.560. The summed E-state index contributed by atoms with van der Waals surface area (Å²) in [6, 6.07) is 5.52. The van der Waals surface area contributed by atoms with Crippen LogP contribution < -0.4 is 10.6 Å². The van der Waals surface area contributed by atoms with Crippen molar-refractivity contribution in [3.05, 3.63) is 39.6 Å². The summed E-state index contributed by atoms with van der Waals surface area (Å²) in [5.74, 6) is 0.792. The SMILES string of the molecule is CCO[C@@H]1CN(C(=S)NC)C[C@@H]1Nc1nc(CC)c(-c2ccc(Cl)cc2Cl)nc1CC. The number of benzene rings is 1. The van der Waals surface area contributed by atoms with Crippen molar-refractivity contribution >= 4 is 46.4 Å². The van der Waals surface area contributed by atoms with Gasteiger partial charge >= 0.3 is 0 Å². The van der Waals surface area contributed by atoms with Gasteiger partial charge in [-0.1, -0.05) is 37.0 Å². The second-order valence-corrected chi connectivity index (χ2v) is 8.58. The molecular weight excluding hydrogens is 453 g/mol. The van der Waals surface area contributed by atoms with Crippen LogP contribution in [0.2, 0.25) is 10.0 Å². The first kappa shape index (κ1) is 24.0. The van der Waals surface area contributed by atoms with Crippen LogP contribution in [-0.2, 0) is 17.6 Å². The summed E-state index contributed by atoms with van der Waals surface area (Å²) < 4.78 is 5.99. The highest BCUT2D eigenvalue weighted by atomic mass is 35.5. The summed E-state index contributed by atoms with van der Waals surface area (Å²) in [7, 11) is 1.84. The first-order valence-corrected chi connectivity index (χ1v) is 11.8. The summed E-state index contributed by atoms with van der Waals surface area (Å²) in [5, 5.41) is 8.54. The van der Waals surface area contributed by atoms with Gasteiger partial charge in [0.05, 0.1) is 34.3 Å². The molecule has 2 atom stereocenters. The van der Waals surface area contributed by atoms with Crippen molar-refractivity contribution in [1.29, 1.82) is 0 Å². The molecule has 0 bridgehead atoms. The Kier molecular flexibility index (Phi) is 8.33. The minimum atomic E-state index is 0.0123. The molecule has 0 amide bonds. The fourth-order valence-electron chi connectivity index (χ4n) is 3.81. The lowest BCUT2D eigenvalue weighted by Gasteiger charge is -2.22. The lowest BCUT2D eigenvalue weighted by atomic mass is 10.1. The molecule has 1 aromatic carbocycles. The van der Waals surface area contributed by atoms with Crippen molar-refractivity contribution in [2.75, 3.05) is 32.1 Å². The van der Waals surface area contributed by atoms with Gasteiger partial charge in [-0.05, 0) is 50.2 Å². The van der Waals surface area contributed by atoms with Crippen LogP contribution in [0.4, 0.5) is 5.82 Å². The second kappa shape index (κ2) is 10.8. The zero-order chi connectivity index (χ0) is 22.5. The van der Waals surface area contributed by atoms with E-state index in [2.05, 4.69) is 29.4 Å². The van der Waals surface area contributed by atoms with E-state index in [1.807, 2.05) is 26.1 Å². The second-order valence-electron chi connectivity index (χ2n) is 7.35. The molecule has 0 saturated carbocycles. The maximum atomic E-state index is 6.47. The average molecular weight is 482 g/mol. The molecule has 0 radical (unpaired) electrons. The zero-order valence-electron chi connectivity index (χ0n) is 18.3. The van der Waals surface area contributed by atoms with Gasteiger partial charge in [0.1, 0.15) is 5.82 Å². The van der Waals surface area contributed by atoms with Crippen molar-refractivity contribution in [2.24, 2.45) is 0 Å². The summed E-state index contributed by atoms with van der Waals surface area (Å²) in [4.78, 5) is 12.0. The number of aromatic nitrogens is 2. The third kappa shape index (κ3) is 5.40. The Morgan fingerprint density at radius 3 is 2.52 bits per heavy atom. The topological polar surface area (TPSA) is 62.3 Å². The van der Waals surface area contributed by atoms with Crippen molar-refractivity contribution in [1.82, 2.24) is 20.2 Å². The first-order valence-electron chi connectivity index (χ1n) is 10.6. The predicted octanol–water partition coefficient (Wildman–Crippen LogP) is 4.58. The highest BCUT2D eigenvalue weighted by Gasteiger charge is 2.35. The normalized spacial score (nSPS) is 18.3. The van der Waals surface area contributed by atoms with E-state index in [1.165, 1.54) is 0 Å². The van der Waals surface area contributed by atoms with Gasteiger partial charge in [-0.15, -0.1) is 0 Å². The first-order chi connectivity index (χ1) is 14.9. The summed E-state index contributed by atoms with van der Waals surface area (Å²) in [6.07, 6.45) is 1.48. The molecule has 0 aliphatic carbocycles. The summed E-state index contributed by atoms with van der Waals surface area (Å²) >= 11 is 18.0. The van der Waals surface area contributed by atoms with Crippen LogP contribution in [0.1, 0.15) is 32.2 Å². The van der Waals surface area contributed by atoms with Gasteiger partial charge < -0.3 is 20.3 Å². The molecule has 2 heterocycles. The standard InChI is InChI=1S/C22H29Cl2N5OS/c1-5-16-20(14-9-8-13(23)10-15(14)24)26-17(6-2)21(27-16)28-18-11-29(22(31)25-4)12-19(18)30-7-3/h8-10,18-19H,5-7,11-12H2,1-4H3,(H,25,31)(H,27,28)/t18-,19+/m0/s1. The van der Waals surface area contributed by atoms with Crippen LogP contribution in [0.15, 0.2) is 18.2 Å². The number of hydrogen-bond donors (Lipinski definition) is 2. The lowest BCUT2D eigenvalue weighted by molar-refractivity contribution is 0.0672. The van der Waals surface area contributed by atoms with Crippen molar-refractivity contribution < 1.29 is 4.74 Å². The van der Waals surface area contributed by atoms with Gasteiger partial charge in [0.2, 0.25) is 0 Å². The van der Waals surface area contributed by atoms with Crippen molar-refractivity contribution in [2.45, 2.75) is 45.8 Å². The Labute approximate surface area is 199 Å². The zero-order valence-corrected chi connectivity index (χ0v) is 20.7. The lowest BCUT2D eigenvalue weighted by Crippen LogP contribution is -2.37. The van der Waals surface area contributed by atoms with E-state index in [-0.39, 0.29) is 12.1 Å². The summed E-state index contributed by atoms with van der Waals surface area (Å²) in [6.45, 7) is 8.26. The molecule has 9 heteroatoms. The minimum Gasteiger partial charge on any atom is -0.374 e. The van der Waals surface area contributed by atoms with E-state index < -0.39 is 0 Å². The summed E-state index contributed by atoms with van der Waals surface area (Å²) in [5.41, 5.74) is 3.42. The third-order valence-corrected chi connectivity index (χ3v) is 6.38. The number of hydrogen-bond acceptors (Lipinski definition) is 5. The molecule has 2 N–H and O–H groups in total. The van der Waals surface area contributed by atoms with Gasteiger partial charge in [0, 0.05) is 37.3 Å². The van der Waals surface area contributed by atoms with Gasteiger partial charge in [-0.25, -0.2) is 9.97 Å². The van der Waals surface area contributed by atoms with Crippen LogP contribution in [-0.4, -0.2) is 58.9 Å². The number of anilines is 1. The highest BCUT2D eigenvalue weighted by molar-refractivity contribution is 7.80. The molecule has 1 saturated heterocycles. The van der Waals surface area contributed by atoms with Crippen LogP contribution >= 0.6 is 35.4 Å². The van der Waals surface area contributed by atoms with E-state index in [9.17, 15) is 0 Å². The number of likely N-dealkylation sites (tertiary alicyclic amines) is 1. The van der Waals surface area contributed by atoms with Gasteiger partial charge in [-0.2, -0.15) is 0 Å². The number of rotatable bonds is 7. The number of thiocarbonyl (C=S) groups is 1. The largest absolute Gasteiger partial charge is 0.374 e. The Bertz CT molecular complexity index is 942. The van der Waals surface area contributed by atoms with Crippen molar-refractivity contribution in [3.63, 3.8) is 0 Å². The molecule has 31 heavy (non-hydrogen) atoms. The molecule has 168 valence electrons. The fourth-order valence-corrected chi connectivity index (χ4v) is 4.45. The van der Waals surface area contributed by atoms with Gasteiger partial charge in [0.25, 0.3) is 0 Å². The molecule has 1 fully saturated rings. The Hall–Kier alpha value is -1.67. The molecule has 0 unspecified atom stereocenters. The Morgan fingerprint density at radius 2 is 1.90 bits per heavy atom. The molecule has 3 rings (SSSR count). The van der Waals surface area contributed by atoms with E-state index >= 15 is 0 Å². The molecule has 1 aromatic heterocycles. The molecule has 6 nitrogen and oxygen atoms in total. The molecular formula is C22H29Cl2N5OS. The highest BCUT2D eigenvalue weighted by Crippen LogP contribution is 2.33. The predicted molar refractivity (Wildman–Crippen MR) is 132 cm³/mol. The molecule has 0 spiro atoms. The smallest absolute Gasteiger partial charge is 0.168 e. The number of ether oxygens (including phenoxy) is 1. The average Bonchev–Trinajstić information content (AvgIpc) is 3.15. The van der Waals surface area contributed by atoms with E-state index in [0.717, 1.165) is 59.5 Å². The number of aryl methyl sites for hydroxylation is 2. The monoisotopic (exact) mass is 481 g/mol. The number of halogens is 2. The number of nitrogens with one attached hydrogen (secondary N) is 2.